The number of ether oxygens (including phenoxy) is 4. The molecular weight excluding hydrogens is 700 g/mol. The lowest BCUT2D eigenvalue weighted by atomic mass is 9.99. The summed E-state index contributed by atoms with van der Waals surface area (Å²) in [6.07, 6.45) is 1.06. The van der Waals surface area contributed by atoms with Gasteiger partial charge in [0.05, 0.1) is 12.5 Å². The number of rotatable bonds is 16. The fraction of sp³-hybridized carbons (Fsp3) is 0.667. The molecule has 0 aliphatic heterocycles. The third kappa shape index (κ3) is 34.6. The van der Waals surface area contributed by atoms with E-state index in [9.17, 15) is 33.6 Å². The van der Waals surface area contributed by atoms with E-state index in [1.54, 1.807) is 48.5 Å². The number of carbonyl (C=O) groups excluding carboxylic acids is 7. The van der Waals surface area contributed by atoms with Crippen LogP contribution in [0, 0.1) is 11.8 Å². The van der Waals surface area contributed by atoms with Gasteiger partial charge in [-0.3, -0.25) is 33.6 Å². The van der Waals surface area contributed by atoms with Crippen LogP contribution in [0.1, 0.15) is 135 Å². The predicted octanol–water partition coefficient (Wildman–Crippen LogP) is 4.77. The van der Waals surface area contributed by atoms with Crippen molar-refractivity contribution in [3.63, 3.8) is 0 Å². The maximum Gasteiger partial charge on any atom is 0.306 e. The van der Waals surface area contributed by atoms with Crippen molar-refractivity contribution in [2.45, 2.75) is 158 Å². The number of nitrogens with two attached hydrogens (primary N) is 4. The number of hydrogen-bond donors (Lipinski definition) is 4. The molecule has 3 amide bonds. The number of esters is 4. The molecule has 0 aliphatic carbocycles. The average molecular weight is 771 g/mol. The van der Waals surface area contributed by atoms with Crippen molar-refractivity contribution in [1.82, 2.24) is 0 Å². The lowest BCUT2D eigenvalue weighted by Crippen LogP contribution is -2.37. The smallest absolute Gasteiger partial charge is 0.306 e. The summed E-state index contributed by atoms with van der Waals surface area (Å²) in [5.41, 5.74) is 19.9. The molecule has 54 heavy (non-hydrogen) atoms. The van der Waals surface area contributed by atoms with E-state index < -0.39 is 52.5 Å². The molecule has 0 aliphatic rings. The standard InChI is InChI=1S/C18H25NO5.C10H19NO3.C9H18N2O3.2CH4/c1-18(2,3)24-15(20)10-9-14(17(19)22)11-16(21)23-12-13-7-5-4-6-8-13;1-7(9(11)13)5-6-8(12)14-10(2,3)4;1-9(2,3)14-7(12)5-4-6(10)8(11)13;;/h4-8,14H,9-12H2,1-3H3,(H2,19,22);7H,5-6H2,1-4H3,(H2,11,13);6H,4-5,10H2,1-3H3,(H2,11,13);2*1H4/t14-;7-;6-;;/m100../s1. The quantitative estimate of drug-likeness (QED) is 0.131. The fourth-order valence-corrected chi connectivity index (χ4v) is 3.71. The van der Waals surface area contributed by atoms with Gasteiger partial charge in [0.1, 0.15) is 23.4 Å². The minimum absolute atomic E-state index is 0. The van der Waals surface area contributed by atoms with Crippen LogP contribution in [0.15, 0.2) is 30.3 Å². The van der Waals surface area contributed by atoms with E-state index in [2.05, 4.69) is 0 Å². The predicted molar refractivity (Wildman–Crippen MR) is 208 cm³/mol. The molecular formula is C39H70N4O11. The molecule has 1 rings (SSSR count). The highest BCUT2D eigenvalue weighted by atomic mass is 16.6. The second kappa shape index (κ2) is 27.1. The largest absolute Gasteiger partial charge is 0.461 e. The highest BCUT2D eigenvalue weighted by Gasteiger charge is 2.24. The van der Waals surface area contributed by atoms with Crippen LogP contribution in [0.5, 0.6) is 0 Å². The van der Waals surface area contributed by atoms with Gasteiger partial charge < -0.3 is 41.9 Å². The molecule has 1 aromatic rings. The molecule has 0 fully saturated rings. The van der Waals surface area contributed by atoms with Gasteiger partial charge >= 0.3 is 23.9 Å². The van der Waals surface area contributed by atoms with Gasteiger partial charge in [0.15, 0.2) is 0 Å². The molecule has 3 atom stereocenters. The summed E-state index contributed by atoms with van der Waals surface area (Å²) in [6, 6.07) is 8.45. The van der Waals surface area contributed by atoms with Gasteiger partial charge in [0, 0.05) is 31.1 Å². The van der Waals surface area contributed by atoms with Crippen molar-refractivity contribution in [2.75, 3.05) is 0 Å². The van der Waals surface area contributed by atoms with E-state index in [4.69, 9.17) is 41.9 Å². The zero-order valence-electron chi connectivity index (χ0n) is 32.6. The average Bonchev–Trinajstić information content (AvgIpc) is 2.98. The highest BCUT2D eigenvalue weighted by Crippen LogP contribution is 2.16. The van der Waals surface area contributed by atoms with E-state index in [1.165, 1.54) is 0 Å². The maximum atomic E-state index is 11.9. The van der Waals surface area contributed by atoms with Crippen LogP contribution in [0.2, 0.25) is 0 Å². The first-order valence-corrected chi connectivity index (χ1v) is 17.1. The number of carbonyl (C=O) groups is 7. The van der Waals surface area contributed by atoms with Crippen molar-refractivity contribution >= 4 is 41.6 Å². The van der Waals surface area contributed by atoms with Crippen LogP contribution in [-0.4, -0.2) is 64.4 Å². The zero-order chi connectivity index (χ0) is 40.9. The van der Waals surface area contributed by atoms with Crippen molar-refractivity contribution in [3.05, 3.63) is 35.9 Å². The van der Waals surface area contributed by atoms with Crippen LogP contribution >= 0.6 is 0 Å². The summed E-state index contributed by atoms with van der Waals surface area (Å²) in [5, 5.41) is 0. The van der Waals surface area contributed by atoms with Crippen molar-refractivity contribution < 1.29 is 52.5 Å². The van der Waals surface area contributed by atoms with Gasteiger partial charge in [-0.05, 0) is 87.1 Å². The third-order valence-corrected chi connectivity index (χ3v) is 6.31. The summed E-state index contributed by atoms with van der Waals surface area (Å²) >= 11 is 0. The fourth-order valence-electron chi connectivity index (χ4n) is 3.71. The monoisotopic (exact) mass is 771 g/mol. The highest BCUT2D eigenvalue weighted by molar-refractivity contribution is 5.83. The first-order valence-electron chi connectivity index (χ1n) is 17.1. The van der Waals surface area contributed by atoms with Crippen LogP contribution in [0.25, 0.3) is 0 Å². The molecule has 0 saturated carbocycles. The van der Waals surface area contributed by atoms with E-state index in [0.717, 1.165) is 5.56 Å². The molecule has 0 spiro atoms. The molecule has 0 aromatic heterocycles. The maximum absolute atomic E-state index is 11.9. The summed E-state index contributed by atoms with van der Waals surface area (Å²) in [4.78, 5) is 78.6. The van der Waals surface area contributed by atoms with Crippen molar-refractivity contribution in [3.8, 4) is 0 Å². The van der Waals surface area contributed by atoms with E-state index >= 15 is 0 Å². The zero-order valence-corrected chi connectivity index (χ0v) is 32.6. The lowest BCUT2D eigenvalue weighted by Gasteiger charge is -2.20. The van der Waals surface area contributed by atoms with Crippen LogP contribution < -0.4 is 22.9 Å². The summed E-state index contributed by atoms with van der Waals surface area (Å²) in [7, 11) is 0. The first-order chi connectivity index (χ1) is 23.6. The molecule has 0 saturated heterocycles. The van der Waals surface area contributed by atoms with Gasteiger partial charge in [-0.15, -0.1) is 0 Å². The molecule has 0 bridgehead atoms. The molecule has 0 radical (unpaired) electrons. The first kappa shape index (κ1) is 56.2. The Morgan fingerprint density at radius 2 is 0.963 bits per heavy atom. The number of hydrogen-bond acceptors (Lipinski definition) is 12. The van der Waals surface area contributed by atoms with E-state index in [1.807, 2.05) is 51.1 Å². The van der Waals surface area contributed by atoms with Gasteiger partial charge in [-0.25, -0.2) is 0 Å². The lowest BCUT2D eigenvalue weighted by molar-refractivity contribution is -0.156. The molecule has 1 aromatic carbocycles. The summed E-state index contributed by atoms with van der Waals surface area (Å²) in [6.45, 7) is 17.9. The Morgan fingerprint density at radius 1 is 0.574 bits per heavy atom. The Hall–Kier alpha value is -4.53. The minimum atomic E-state index is -0.775. The Morgan fingerprint density at radius 3 is 1.31 bits per heavy atom. The van der Waals surface area contributed by atoms with E-state index in [0.29, 0.717) is 6.42 Å². The Balaban J connectivity index is -0.000000362. The molecule has 8 N–H and O–H groups in total. The Labute approximate surface area is 322 Å². The SMILES string of the molecule is C.C.CC(C)(C)OC(=O)CC[C@H](CC(=O)OCc1ccccc1)C(N)=O.CC(C)(C)OC(=O)CC[C@H](N)C(N)=O.C[C@@H](CCC(=O)OC(C)(C)C)C(N)=O. The second-order valence-corrected chi connectivity index (χ2v) is 15.1. The summed E-state index contributed by atoms with van der Waals surface area (Å²) < 4.78 is 20.4. The number of primary amides is 3. The minimum Gasteiger partial charge on any atom is -0.461 e. The van der Waals surface area contributed by atoms with Gasteiger partial charge in [0.25, 0.3) is 0 Å². The van der Waals surface area contributed by atoms with Crippen LogP contribution in [0.3, 0.4) is 0 Å². The Kier molecular flexibility index (Phi) is 28.2. The normalized spacial score (nSPS) is 12.4. The van der Waals surface area contributed by atoms with Gasteiger partial charge in [0.2, 0.25) is 17.7 Å². The molecule has 0 unspecified atom stereocenters. The van der Waals surface area contributed by atoms with E-state index in [-0.39, 0.29) is 83.7 Å². The number of amides is 3. The van der Waals surface area contributed by atoms with Crippen LogP contribution in [0.4, 0.5) is 0 Å². The molecule has 0 heterocycles. The van der Waals surface area contributed by atoms with Crippen molar-refractivity contribution in [2.24, 2.45) is 34.8 Å². The van der Waals surface area contributed by atoms with Crippen LogP contribution in [-0.2, 0) is 59.1 Å². The third-order valence-electron chi connectivity index (χ3n) is 6.31. The molecule has 312 valence electrons. The number of benzene rings is 1. The Bertz CT molecular complexity index is 1250. The van der Waals surface area contributed by atoms with Gasteiger partial charge in [-0.1, -0.05) is 52.1 Å². The molecule has 15 heteroatoms. The van der Waals surface area contributed by atoms with Crippen molar-refractivity contribution in [1.29, 1.82) is 0 Å². The molecule has 15 nitrogen and oxygen atoms in total. The van der Waals surface area contributed by atoms with Gasteiger partial charge in [-0.2, -0.15) is 0 Å². The second-order valence-electron chi connectivity index (χ2n) is 15.1. The summed E-state index contributed by atoms with van der Waals surface area (Å²) in [5.74, 6) is -4.24. The topological polar surface area (TPSA) is 260 Å².